The molecule has 0 spiro atoms. The van der Waals surface area contributed by atoms with E-state index in [0.717, 1.165) is 5.56 Å². The molecule has 2 aromatic heterocycles. The molecule has 2 bridgehead atoms. The Morgan fingerprint density at radius 3 is 2.38 bits per heavy atom. The lowest BCUT2D eigenvalue weighted by atomic mass is 10.1. The second-order valence-electron chi connectivity index (χ2n) is 3.21. The molecule has 0 unspecified atom stereocenters. The number of furan rings is 2. The van der Waals surface area contributed by atoms with Gasteiger partial charge in [-0.2, -0.15) is 8.42 Å². The fourth-order valence-corrected chi connectivity index (χ4v) is 3.16. The fraction of sp³-hybridized carbons (Fsp3) is 0.250. The average molecular weight is 198 g/mol. The summed E-state index contributed by atoms with van der Waals surface area (Å²) in [7, 11) is -3.57. The lowest BCUT2D eigenvalue weighted by Crippen LogP contribution is -2.03. The zero-order valence-electron chi connectivity index (χ0n) is 7.04. The van der Waals surface area contributed by atoms with Gasteiger partial charge in [0.15, 0.2) is 16.2 Å². The number of rotatable bonds is 0. The molecule has 0 radical (unpaired) electrons. The minimum Gasteiger partial charge on any atom is -0.451 e. The van der Waals surface area contributed by atoms with Crippen molar-refractivity contribution >= 4 is 21.3 Å². The normalized spacial score (nSPS) is 18.3. The van der Waals surface area contributed by atoms with Gasteiger partial charge in [0.25, 0.3) is 0 Å². The Kier molecular flexibility index (Phi) is 0.928. The first kappa shape index (κ1) is 7.20. The van der Waals surface area contributed by atoms with Crippen molar-refractivity contribution < 1.29 is 17.0 Å². The number of hydrogen-bond acceptors (Lipinski definition) is 4. The van der Waals surface area contributed by atoms with Crippen LogP contribution in [0.25, 0.3) is 11.2 Å². The van der Waals surface area contributed by atoms with Crippen LogP contribution in [0.4, 0.5) is 0 Å². The molecule has 0 saturated heterocycles. The van der Waals surface area contributed by atoms with Gasteiger partial charge < -0.3 is 8.60 Å². The lowest BCUT2D eigenvalue weighted by molar-refractivity contribution is 0.497. The van der Waals surface area contributed by atoms with Gasteiger partial charge >= 0.3 is 10.1 Å². The Bertz CT molecular complexity index is 605. The number of fused-ring (bicyclic) bond motifs is 1. The van der Waals surface area contributed by atoms with E-state index in [4.69, 9.17) is 8.60 Å². The summed E-state index contributed by atoms with van der Waals surface area (Å²) in [5.41, 5.74) is 2.46. The maximum atomic E-state index is 11.4. The van der Waals surface area contributed by atoms with E-state index in [1.807, 2.05) is 0 Å². The predicted octanol–water partition coefficient (Wildman–Crippen LogP) is 1.57. The van der Waals surface area contributed by atoms with Gasteiger partial charge in [0.2, 0.25) is 0 Å². The van der Waals surface area contributed by atoms with E-state index in [9.17, 15) is 8.42 Å². The third-order valence-corrected chi connectivity index (χ3v) is 3.80. The van der Waals surface area contributed by atoms with Gasteiger partial charge in [-0.05, 0) is 13.8 Å². The van der Waals surface area contributed by atoms with Gasteiger partial charge in [-0.3, -0.25) is 0 Å². The number of hydrogen-bond donors (Lipinski definition) is 0. The summed E-state index contributed by atoms with van der Waals surface area (Å²) in [6.07, 6.45) is 0. The molecule has 0 aromatic carbocycles. The minimum atomic E-state index is -3.57. The summed E-state index contributed by atoms with van der Waals surface area (Å²) in [5, 5.41) is 0. The van der Waals surface area contributed by atoms with Crippen LogP contribution in [0.3, 0.4) is 0 Å². The molecule has 1 aliphatic heterocycles. The Morgan fingerprint density at radius 2 is 1.77 bits per heavy atom. The van der Waals surface area contributed by atoms with Crippen LogP contribution in [-0.4, -0.2) is 8.42 Å². The van der Waals surface area contributed by atoms with E-state index in [0.29, 0.717) is 22.5 Å². The summed E-state index contributed by atoms with van der Waals surface area (Å²) >= 11 is 0. The molecule has 0 amide bonds. The number of aryl methyl sites for hydroxylation is 2. The van der Waals surface area contributed by atoms with Gasteiger partial charge in [-0.1, -0.05) is 0 Å². The molecule has 1 aliphatic rings. The highest BCUT2D eigenvalue weighted by Crippen LogP contribution is 2.49. The zero-order chi connectivity index (χ0) is 9.38. The predicted molar refractivity (Wildman–Crippen MR) is 44.7 cm³/mol. The van der Waals surface area contributed by atoms with Gasteiger partial charge in [0, 0.05) is 11.1 Å². The van der Waals surface area contributed by atoms with E-state index >= 15 is 0 Å². The summed E-state index contributed by atoms with van der Waals surface area (Å²) in [4.78, 5) is 0.211. The molecule has 0 fully saturated rings. The molecule has 0 atom stereocenters. The second kappa shape index (κ2) is 1.68. The third kappa shape index (κ3) is 0.581. The van der Waals surface area contributed by atoms with Crippen molar-refractivity contribution in [3.05, 3.63) is 11.1 Å². The molecule has 0 N–H and O–H groups in total. The van der Waals surface area contributed by atoms with Gasteiger partial charge in [0.05, 0.1) is 0 Å². The van der Waals surface area contributed by atoms with Crippen molar-refractivity contribution in [3.8, 4) is 5.75 Å². The first-order valence-electron chi connectivity index (χ1n) is 3.82. The largest absolute Gasteiger partial charge is 0.451 e. The summed E-state index contributed by atoms with van der Waals surface area (Å²) in [6, 6.07) is 0. The second-order valence-corrected chi connectivity index (χ2v) is 4.69. The van der Waals surface area contributed by atoms with Crippen LogP contribution in [0.1, 0.15) is 11.1 Å². The first-order chi connectivity index (χ1) is 6.02. The molecule has 68 valence electrons. The van der Waals surface area contributed by atoms with Crippen molar-refractivity contribution in [2.75, 3.05) is 0 Å². The molecule has 13 heavy (non-hydrogen) atoms. The van der Waals surface area contributed by atoms with E-state index in [1.54, 1.807) is 13.8 Å². The highest BCUT2D eigenvalue weighted by Gasteiger charge is 2.40. The SMILES string of the molecule is Cc1c2c3oc1c(C)c3S(=O)(=O)O2. The van der Waals surface area contributed by atoms with Crippen molar-refractivity contribution in [3.63, 3.8) is 0 Å². The molecular weight excluding hydrogens is 192 g/mol. The van der Waals surface area contributed by atoms with Gasteiger partial charge in [-0.15, -0.1) is 0 Å². The molecule has 3 rings (SSSR count). The van der Waals surface area contributed by atoms with Crippen molar-refractivity contribution in [2.45, 2.75) is 18.7 Å². The van der Waals surface area contributed by atoms with E-state index in [2.05, 4.69) is 0 Å². The van der Waals surface area contributed by atoms with Gasteiger partial charge in [0.1, 0.15) is 5.58 Å². The van der Waals surface area contributed by atoms with Crippen LogP contribution in [0.2, 0.25) is 0 Å². The molecule has 4 nitrogen and oxygen atoms in total. The Hall–Kier alpha value is -1.23. The first-order valence-corrected chi connectivity index (χ1v) is 5.22. The molecular formula is C8H6O4S. The van der Waals surface area contributed by atoms with Crippen LogP contribution < -0.4 is 4.18 Å². The summed E-state index contributed by atoms with van der Waals surface area (Å²) in [5.74, 6) is 0.371. The minimum absolute atomic E-state index is 0.211. The summed E-state index contributed by atoms with van der Waals surface area (Å²) < 4.78 is 32.9. The Morgan fingerprint density at radius 1 is 1.08 bits per heavy atom. The summed E-state index contributed by atoms with van der Waals surface area (Å²) in [6.45, 7) is 3.52. The van der Waals surface area contributed by atoms with Crippen LogP contribution >= 0.6 is 0 Å². The smallest absolute Gasteiger partial charge is 0.343 e. The number of benzene rings is 1. The maximum Gasteiger partial charge on any atom is 0.343 e. The monoisotopic (exact) mass is 198 g/mol. The highest BCUT2D eigenvalue weighted by molar-refractivity contribution is 7.87. The standard InChI is InChI=1S/C8H6O4S/c1-3-5-4(2)8-7(11-5)6(3)12-13(8,9)10/h1-2H3. The Labute approximate surface area is 74.6 Å². The topological polar surface area (TPSA) is 56.5 Å². The quantitative estimate of drug-likeness (QED) is 0.603. The van der Waals surface area contributed by atoms with Crippen molar-refractivity contribution in [1.82, 2.24) is 0 Å². The van der Waals surface area contributed by atoms with Gasteiger partial charge in [-0.25, -0.2) is 0 Å². The molecule has 0 saturated carbocycles. The zero-order valence-corrected chi connectivity index (χ0v) is 7.86. The third-order valence-electron chi connectivity index (χ3n) is 2.42. The van der Waals surface area contributed by atoms with Crippen LogP contribution in [-0.2, 0) is 10.1 Å². The van der Waals surface area contributed by atoms with E-state index < -0.39 is 10.1 Å². The average Bonchev–Trinajstić information content (AvgIpc) is 2.54. The fourth-order valence-electron chi connectivity index (χ4n) is 1.83. The molecule has 3 heterocycles. The van der Waals surface area contributed by atoms with Crippen LogP contribution in [0.15, 0.2) is 9.31 Å². The lowest BCUT2D eigenvalue weighted by Gasteiger charge is -1.92. The van der Waals surface area contributed by atoms with E-state index in [1.165, 1.54) is 0 Å². The van der Waals surface area contributed by atoms with Crippen LogP contribution in [0.5, 0.6) is 5.75 Å². The Balaban J connectivity index is 2.66. The highest BCUT2D eigenvalue weighted by atomic mass is 32.2. The van der Waals surface area contributed by atoms with Crippen molar-refractivity contribution in [1.29, 1.82) is 0 Å². The van der Waals surface area contributed by atoms with E-state index in [-0.39, 0.29) is 4.90 Å². The maximum absolute atomic E-state index is 11.4. The molecule has 0 aliphatic carbocycles. The van der Waals surface area contributed by atoms with Crippen molar-refractivity contribution in [2.24, 2.45) is 0 Å². The molecule has 5 heteroatoms. The van der Waals surface area contributed by atoms with Crippen LogP contribution in [0, 0.1) is 13.8 Å². The molecule has 2 aromatic rings.